The zero-order chi connectivity index (χ0) is 23.2. The van der Waals surface area contributed by atoms with E-state index in [1.807, 2.05) is 11.9 Å². The van der Waals surface area contributed by atoms with Gasteiger partial charge in [0.05, 0.1) is 0 Å². The number of fused-ring (bicyclic) bond motifs is 1. The molecule has 0 N–H and O–H groups in total. The van der Waals surface area contributed by atoms with E-state index in [1.165, 1.54) is 18.5 Å². The van der Waals surface area contributed by atoms with E-state index in [1.54, 1.807) is 21.7 Å². The van der Waals surface area contributed by atoms with Crippen molar-refractivity contribution in [2.24, 2.45) is 0 Å². The zero-order valence-corrected chi connectivity index (χ0v) is 19.3. The normalized spacial score (nSPS) is 18.7. The predicted octanol–water partition coefficient (Wildman–Crippen LogP) is 1.92. The first-order valence-corrected chi connectivity index (χ1v) is 11.9. The summed E-state index contributed by atoms with van der Waals surface area (Å²) in [6.45, 7) is 4.54. The molecule has 2 aliphatic rings. The fourth-order valence-corrected chi connectivity index (χ4v) is 4.65. The highest BCUT2D eigenvalue weighted by atomic mass is 19.1. The molecule has 4 rings (SSSR count). The SMILES string of the molecule is CN(CCN1CCN(C(=O)CCCc2ccc(F)cc2)CC1)C(=O)C1CCCc2ncnn21. The van der Waals surface area contributed by atoms with E-state index in [2.05, 4.69) is 15.0 Å². The standard InChI is InChI=1S/C24H33FN6O2/c1-28(24(33)21-5-3-6-22-26-18-27-31(21)22)12-13-29-14-16-30(17-15-29)23(32)7-2-4-19-8-10-20(25)11-9-19/h8-11,18,21H,2-7,12-17H2,1H3. The van der Waals surface area contributed by atoms with Crippen LogP contribution in [0.3, 0.4) is 0 Å². The molecule has 0 aliphatic carbocycles. The lowest BCUT2D eigenvalue weighted by molar-refractivity contribution is -0.134. The van der Waals surface area contributed by atoms with Gasteiger partial charge in [-0.15, -0.1) is 0 Å². The van der Waals surface area contributed by atoms with Gasteiger partial charge in [0.25, 0.3) is 0 Å². The number of carbonyl (C=O) groups excluding carboxylic acids is 2. The Morgan fingerprint density at radius 3 is 2.67 bits per heavy atom. The molecule has 1 aromatic heterocycles. The van der Waals surface area contributed by atoms with Crippen LogP contribution in [-0.2, 0) is 22.4 Å². The third-order valence-corrected chi connectivity index (χ3v) is 6.73. The smallest absolute Gasteiger partial charge is 0.247 e. The molecule has 0 radical (unpaired) electrons. The van der Waals surface area contributed by atoms with Crippen molar-refractivity contribution in [3.63, 3.8) is 0 Å². The Morgan fingerprint density at radius 2 is 1.91 bits per heavy atom. The Kier molecular flexibility index (Phi) is 7.69. The molecule has 2 aromatic rings. The minimum absolute atomic E-state index is 0.0939. The summed E-state index contributed by atoms with van der Waals surface area (Å²) >= 11 is 0. The maximum atomic E-state index is 13.0. The quantitative estimate of drug-likeness (QED) is 0.607. The van der Waals surface area contributed by atoms with Gasteiger partial charge in [-0.25, -0.2) is 14.1 Å². The van der Waals surface area contributed by atoms with E-state index in [9.17, 15) is 14.0 Å². The van der Waals surface area contributed by atoms with Gasteiger partial charge in [0.2, 0.25) is 11.8 Å². The summed E-state index contributed by atoms with van der Waals surface area (Å²) in [5, 5.41) is 4.25. The van der Waals surface area contributed by atoms with Gasteiger partial charge in [0.1, 0.15) is 24.0 Å². The molecular formula is C24H33FN6O2. The molecule has 9 heteroatoms. The van der Waals surface area contributed by atoms with E-state index in [0.717, 1.165) is 76.2 Å². The van der Waals surface area contributed by atoms with Gasteiger partial charge in [-0.3, -0.25) is 14.5 Å². The number of piperazine rings is 1. The molecular weight excluding hydrogens is 423 g/mol. The third-order valence-electron chi connectivity index (χ3n) is 6.73. The molecule has 2 aliphatic heterocycles. The minimum atomic E-state index is -0.245. The maximum Gasteiger partial charge on any atom is 0.247 e. The number of aromatic nitrogens is 3. The number of aryl methyl sites for hydroxylation is 2. The number of benzene rings is 1. The largest absolute Gasteiger partial charge is 0.343 e. The molecule has 1 aromatic carbocycles. The van der Waals surface area contributed by atoms with Gasteiger partial charge in [0, 0.05) is 59.2 Å². The summed E-state index contributed by atoms with van der Waals surface area (Å²) in [4.78, 5) is 35.8. The second kappa shape index (κ2) is 10.9. The fraction of sp³-hybridized carbons (Fsp3) is 0.583. The Morgan fingerprint density at radius 1 is 1.15 bits per heavy atom. The topological polar surface area (TPSA) is 74.6 Å². The first-order valence-electron chi connectivity index (χ1n) is 11.9. The van der Waals surface area contributed by atoms with E-state index in [0.29, 0.717) is 13.0 Å². The van der Waals surface area contributed by atoms with Crippen LogP contribution in [0.25, 0.3) is 0 Å². The summed E-state index contributed by atoms with van der Waals surface area (Å²) in [5.74, 6) is 0.939. The van der Waals surface area contributed by atoms with Crippen molar-refractivity contribution in [1.29, 1.82) is 0 Å². The van der Waals surface area contributed by atoms with Crippen LogP contribution in [0, 0.1) is 5.82 Å². The lowest BCUT2D eigenvalue weighted by atomic mass is 10.0. The first kappa shape index (κ1) is 23.4. The number of likely N-dealkylation sites (N-methyl/N-ethyl adjacent to an activating group) is 1. The molecule has 0 bridgehead atoms. The minimum Gasteiger partial charge on any atom is -0.343 e. The van der Waals surface area contributed by atoms with Gasteiger partial charge >= 0.3 is 0 Å². The molecule has 3 heterocycles. The van der Waals surface area contributed by atoms with E-state index in [4.69, 9.17) is 0 Å². The van der Waals surface area contributed by atoms with Crippen molar-refractivity contribution in [3.8, 4) is 0 Å². The number of nitrogens with zero attached hydrogens (tertiary/aromatic N) is 6. The zero-order valence-electron chi connectivity index (χ0n) is 19.3. The van der Waals surface area contributed by atoms with Crippen LogP contribution in [0.15, 0.2) is 30.6 Å². The predicted molar refractivity (Wildman–Crippen MR) is 122 cm³/mol. The summed E-state index contributed by atoms with van der Waals surface area (Å²) < 4.78 is 14.8. The van der Waals surface area contributed by atoms with Crippen LogP contribution in [0.2, 0.25) is 0 Å². The van der Waals surface area contributed by atoms with Crippen molar-refractivity contribution in [3.05, 3.63) is 47.8 Å². The van der Waals surface area contributed by atoms with Crippen molar-refractivity contribution in [2.75, 3.05) is 46.3 Å². The highest BCUT2D eigenvalue weighted by molar-refractivity contribution is 5.80. The Balaban J connectivity index is 1.15. The summed E-state index contributed by atoms with van der Waals surface area (Å²) in [6, 6.07) is 6.23. The fourth-order valence-electron chi connectivity index (χ4n) is 4.65. The molecule has 8 nitrogen and oxygen atoms in total. The average Bonchev–Trinajstić information content (AvgIpc) is 3.32. The van der Waals surface area contributed by atoms with Gasteiger partial charge in [-0.1, -0.05) is 12.1 Å². The van der Waals surface area contributed by atoms with Gasteiger partial charge in [0.15, 0.2) is 0 Å². The second-order valence-corrected chi connectivity index (χ2v) is 8.99. The van der Waals surface area contributed by atoms with Gasteiger partial charge in [-0.05, 0) is 43.4 Å². The first-order chi connectivity index (χ1) is 16.0. The molecule has 1 fully saturated rings. The van der Waals surface area contributed by atoms with Gasteiger partial charge < -0.3 is 9.80 Å². The summed E-state index contributed by atoms with van der Waals surface area (Å²) in [7, 11) is 1.86. The lowest BCUT2D eigenvalue weighted by Crippen LogP contribution is -2.50. The molecule has 1 unspecified atom stereocenters. The van der Waals surface area contributed by atoms with E-state index in [-0.39, 0.29) is 23.7 Å². The maximum absolute atomic E-state index is 13.0. The van der Waals surface area contributed by atoms with Crippen molar-refractivity contribution >= 4 is 11.8 Å². The van der Waals surface area contributed by atoms with Crippen LogP contribution >= 0.6 is 0 Å². The second-order valence-electron chi connectivity index (χ2n) is 8.99. The molecule has 178 valence electrons. The van der Waals surface area contributed by atoms with E-state index >= 15 is 0 Å². The monoisotopic (exact) mass is 456 g/mol. The van der Waals surface area contributed by atoms with Crippen molar-refractivity contribution in [1.82, 2.24) is 29.5 Å². The number of rotatable bonds is 8. The molecule has 1 saturated heterocycles. The molecule has 0 spiro atoms. The molecule has 1 atom stereocenters. The Bertz CT molecular complexity index is 939. The highest BCUT2D eigenvalue weighted by Gasteiger charge is 2.30. The highest BCUT2D eigenvalue weighted by Crippen LogP contribution is 2.24. The average molecular weight is 457 g/mol. The lowest BCUT2D eigenvalue weighted by Gasteiger charge is -2.36. The summed E-state index contributed by atoms with van der Waals surface area (Å²) in [5.41, 5.74) is 1.06. The van der Waals surface area contributed by atoms with Crippen LogP contribution in [0.4, 0.5) is 4.39 Å². The van der Waals surface area contributed by atoms with Crippen molar-refractivity contribution < 1.29 is 14.0 Å². The van der Waals surface area contributed by atoms with Crippen molar-refractivity contribution in [2.45, 2.75) is 44.6 Å². The van der Waals surface area contributed by atoms with Crippen LogP contribution in [0.1, 0.15) is 43.1 Å². The van der Waals surface area contributed by atoms with E-state index < -0.39 is 0 Å². The molecule has 33 heavy (non-hydrogen) atoms. The Labute approximate surface area is 194 Å². The number of halogens is 1. The van der Waals surface area contributed by atoms with Crippen LogP contribution in [-0.4, -0.2) is 87.6 Å². The number of hydrogen-bond acceptors (Lipinski definition) is 5. The molecule has 0 saturated carbocycles. The molecule has 2 amide bonds. The summed E-state index contributed by atoms with van der Waals surface area (Å²) in [6.07, 6.45) is 6.24. The van der Waals surface area contributed by atoms with Gasteiger partial charge in [-0.2, -0.15) is 5.10 Å². The number of hydrogen-bond donors (Lipinski definition) is 0. The van der Waals surface area contributed by atoms with Crippen LogP contribution in [0.5, 0.6) is 0 Å². The number of amides is 2. The van der Waals surface area contributed by atoms with Crippen LogP contribution < -0.4 is 0 Å². The number of carbonyl (C=O) groups is 2. The Hall–Kier alpha value is -2.81. The third kappa shape index (κ3) is 5.96.